The molecule has 0 spiro atoms. The highest BCUT2D eigenvalue weighted by atomic mass is 19.4. The Hall–Kier alpha value is -2.83. The van der Waals surface area contributed by atoms with Gasteiger partial charge in [-0.2, -0.15) is 13.2 Å². The van der Waals surface area contributed by atoms with Crippen molar-refractivity contribution in [1.29, 1.82) is 0 Å². The van der Waals surface area contributed by atoms with Gasteiger partial charge in [-0.1, -0.05) is 37.3 Å². The predicted molar refractivity (Wildman–Crippen MR) is 90.6 cm³/mol. The van der Waals surface area contributed by atoms with Crippen molar-refractivity contribution in [1.82, 2.24) is 5.32 Å². The van der Waals surface area contributed by atoms with E-state index in [1.54, 1.807) is 31.2 Å². The Morgan fingerprint density at radius 2 is 1.69 bits per heavy atom. The van der Waals surface area contributed by atoms with E-state index in [0.717, 1.165) is 12.1 Å². The van der Waals surface area contributed by atoms with Crippen molar-refractivity contribution >= 4 is 11.9 Å². The maximum absolute atomic E-state index is 12.7. The van der Waals surface area contributed by atoms with E-state index in [1.807, 2.05) is 0 Å². The lowest BCUT2D eigenvalue weighted by atomic mass is 9.98. The number of aliphatic carboxylic acids is 1. The molecule has 0 aromatic heterocycles. The average Bonchev–Trinajstić information content (AvgIpc) is 2.58. The molecule has 0 radical (unpaired) electrons. The number of hydrogen-bond acceptors (Lipinski definition) is 2. The number of benzene rings is 2. The molecule has 2 aromatic rings. The van der Waals surface area contributed by atoms with Gasteiger partial charge in [0.15, 0.2) is 0 Å². The van der Waals surface area contributed by atoms with E-state index >= 15 is 0 Å². The lowest BCUT2D eigenvalue weighted by Crippen LogP contribution is -2.29. The fourth-order valence-corrected chi connectivity index (χ4v) is 2.50. The van der Waals surface area contributed by atoms with E-state index < -0.39 is 23.6 Å². The van der Waals surface area contributed by atoms with E-state index in [9.17, 15) is 22.8 Å². The van der Waals surface area contributed by atoms with Gasteiger partial charge in [-0.3, -0.25) is 9.59 Å². The van der Waals surface area contributed by atoms with Gasteiger partial charge in [0.2, 0.25) is 0 Å². The average molecular weight is 365 g/mol. The largest absolute Gasteiger partial charge is 0.481 e. The van der Waals surface area contributed by atoms with Gasteiger partial charge in [-0.05, 0) is 35.2 Å². The van der Waals surface area contributed by atoms with Crippen LogP contribution in [0.2, 0.25) is 0 Å². The molecular formula is C19H18F3NO3. The molecule has 0 aliphatic carbocycles. The minimum absolute atomic E-state index is 0.0686. The van der Waals surface area contributed by atoms with Gasteiger partial charge < -0.3 is 10.4 Å². The molecule has 1 atom stereocenters. The Labute approximate surface area is 148 Å². The number of alkyl halides is 3. The second-order valence-electron chi connectivity index (χ2n) is 6.03. The number of carbonyl (C=O) groups is 2. The van der Waals surface area contributed by atoms with Crippen LogP contribution >= 0.6 is 0 Å². The summed E-state index contributed by atoms with van der Waals surface area (Å²) < 4.78 is 38.1. The van der Waals surface area contributed by atoms with Crippen molar-refractivity contribution in [2.75, 3.05) is 6.54 Å². The quantitative estimate of drug-likeness (QED) is 0.806. The molecule has 0 aliphatic rings. The Morgan fingerprint density at radius 3 is 2.27 bits per heavy atom. The van der Waals surface area contributed by atoms with E-state index in [-0.39, 0.29) is 18.9 Å². The zero-order chi connectivity index (χ0) is 19.3. The first-order valence-corrected chi connectivity index (χ1v) is 7.95. The fraction of sp³-hybridized carbons (Fsp3) is 0.263. The van der Waals surface area contributed by atoms with Crippen molar-refractivity contribution in [3.8, 4) is 11.1 Å². The Bertz CT molecular complexity index is 785. The monoisotopic (exact) mass is 365 g/mol. The molecule has 0 saturated carbocycles. The maximum atomic E-state index is 12.7. The first-order chi connectivity index (χ1) is 12.2. The smallest absolute Gasteiger partial charge is 0.416 e. The molecule has 1 unspecified atom stereocenters. The number of carbonyl (C=O) groups excluding carboxylic acids is 1. The molecule has 138 valence electrons. The van der Waals surface area contributed by atoms with Crippen LogP contribution in [0, 0.1) is 5.92 Å². The topological polar surface area (TPSA) is 66.4 Å². The highest BCUT2D eigenvalue weighted by Gasteiger charge is 2.30. The van der Waals surface area contributed by atoms with Crippen molar-refractivity contribution in [2.24, 2.45) is 5.92 Å². The highest BCUT2D eigenvalue weighted by molar-refractivity contribution is 6.00. The summed E-state index contributed by atoms with van der Waals surface area (Å²) in [6.07, 6.45) is -4.49. The minimum Gasteiger partial charge on any atom is -0.481 e. The second kappa shape index (κ2) is 8.03. The van der Waals surface area contributed by atoms with E-state index in [0.29, 0.717) is 16.7 Å². The summed E-state index contributed by atoms with van der Waals surface area (Å²) in [7, 11) is 0. The normalized spacial score (nSPS) is 12.5. The predicted octanol–water partition coefficient (Wildman–Crippen LogP) is 4.21. The highest BCUT2D eigenvalue weighted by Crippen LogP contribution is 2.31. The van der Waals surface area contributed by atoms with Crippen molar-refractivity contribution in [3.63, 3.8) is 0 Å². The summed E-state index contributed by atoms with van der Waals surface area (Å²) in [5.74, 6) is -1.59. The van der Waals surface area contributed by atoms with Crippen molar-refractivity contribution in [2.45, 2.75) is 19.5 Å². The molecule has 0 heterocycles. The summed E-state index contributed by atoms with van der Waals surface area (Å²) in [5.41, 5.74) is 0.549. The number of hydrogen-bond donors (Lipinski definition) is 2. The van der Waals surface area contributed by atoms with Gasteiger partial charge >= 0.3 is 12.1 Å². The van der Waals surface area contributed by atoms with Gasteiger partial charge in [-0.15, -0.1) is 0 Å². The van der Waals surface area contributed by atoms with Crippen molar-refractivity contribution < 1.29 is 27.9 Å². The third kappa shape index (κ3) is 5.08. The van der Waals surface area contributed by atoms with Crippen LogP contribution in [-0.2, 0) is 11.0 Å². The number of halogens is 3. The third-order valence-corrected chi connectivity index (χ3v) is 3.83. The first-order valence-electron chi connectivity index (χ1n) is 7.95. The summed E-state index contributed by atoms with van der Waals surface area (Å²) in [6.45, 7) is 1.89. The fourth-order valence-electron chi connectivity index (χ4n) is 2.50. The van der Waals surface area contributed by atoms with Gasteiger partial charge in [0, 0.05) is 18.5 Å². The Morgan fingerprint density at radius 1 is 1.08 bits per heavy atom. The first kappa shape index (κ1) is 19.5. The molecule has 0 bridgehead atoms. The van der Waals surface area contributed by atoms with Crippen LogP contribution in [0.3, 0.4) is 0 Å². The third-order valence-electron chi connectivity index (χ3n) is 3.83. The number of amides is 1. The Balaban J connectivity index is 2.19. The molecule has 2 aromatic carbocycles. The van der Waals surface area contributed by atoms with E-state index in [1.165, 1.54) is 12.1 Å². The molecule has 2 N–H and O–H groups in total. The molecule has 26 heavy (non-hydrogen) atoms. The van der Waals surface area contributed by atoms with Gasteiger partial charge in [0.1, 0.15) is 0 Å². The summed E-state index contributed by atoms with van der Waals surface area (Å²) in [4.78, 5) is 23.1. The summed E-state index contributed by atoms with van der Waals surface area (Å²) in [5, 5.41) is 11.4. The van der Waals surface area contributed by atoms with Crippen LogP contribution in [0.5, 0.6) is 0 Å². The summed E-state index contributed by atoms with van der Waals surface area (Å²) >= 11 is 0. The minimum atomic E-state index is -4.42. The lowest BCUT2D eigenvalue weighted by Gasteiger charge is -2.14. The van der Waals surface area contributed by atoms with Crippen molar-refractivity contribution in [3.05, 3.63) is 59.7 Å². The molecule has 2 rings (SSSR count). The second-order valence-corrected chi connectivity index (χ2v) is 6.03. The standard InChI is InChI=1S/C19H18F3NO3/c1-12(10-17(24)25)11-23-18(26)16-5-3-2-4-15(16)13-6-8-14(9-7-13)19(20,21)22/h2-9,12H,10-11H2,1H3,(H,23,26)(H,24,25). The number of nitrogens with one attached hydrogen (secondary N) is 1. The van der Waals surface area contributed by atoms with Gasteiger partial charge in [0.25, 0.3) is 5.91 Å². The van der Waals surface area contributed by atoms with Crippen LogP contribution in [0.25, 0.3) is 11.1 Å². The lowest BCUT2D eigenvalue weighted by molar-refractivity contribution is -0.138. The van der Waals surface area contributed by atoms with Crippen LogP contribution < -0.4 is 5.32 Å². The molecule has 0 aliphatic heterocycles. The number of rotatable bonds is 6. The van der Waals surface area contributed by atoms with E-state index in [4.69, 9.17) is 5.11 Å². The van der Waals surface area contributed by atoms with E-state index in [2.05, 4.69) is 5.32 Å². The van der Waals surface area contributed by atoms with Crippen LogP contribution in [0.15, 0.2) is 48.5 Å². The Kier molecular flexibility index (Phi) is 6.02. The summed E-state index contributed by atoms with van der Waals surface area (Å²) in [6, 6.07) is 11.2. The van der Waals surface area contributed by atoms with Crippen LogP contribution in [0.1, 0.15) is 29.3 Å². The zero-order valence-electron chi connectivity index (χ0n) is 14.0. The van der Waals surface area contributed by atoms with Gasteiger partial charge in [-0.25, -0.2) is 0 Å². The van der Waals surface area contributed by atoms with Crippen LogP contribution in [0.4, 0.5) is 13.2 Å². The molecule has 1 amide bonds. The molecule has 0 saturated heterocycles. The maximum Gasteiger partial charge on any atom is 0.416 e. The molecule has 0 fully saturated rings. The van der Waals surface area contributed by atoms with Crippen LogP contribution in [-0.4, -0.2) is 23.5 Å². The number of carboxylic acids is 1. The zero-order valence-corrected chi connectivity index (χ0v) is 14.0. The number of carboxylic acid groups (broad SMARTS) is 1. The SMILES string of the molecule is CC(CNC(=O)c1ccccc1-c1ccc(C(F)(F)F)cc1)CC(=O)O. The molecule has 7 heteroatoms. The molecular weight excluding hydrogens is 347 g/mol. The van der Waals surface area contributed by atoms with Gasteiger partial charge in [0.05, 0.1) is 5.56 Å². The molecule has 4 nitrogen and oxygen atoms in total.